The zero-order valence-electron chi connectivity index (χ0n) is 10.5. The summed E-state index contributed by atoms with van der Waals surface area (Å²) >= 11 is 0. The molecular weight excluding hydrogens is 216 g/mol. The minimum atomic E-state index is -0.425. The third-order valence-corrected chi connectivity index (χ3v) is 3.42. The number of likely N-dealkylation sites (N-methyl/N-ethyl adjacent to an activating group) is 1. The first-order chi connectivity index (χ1) is 8.11. The number of benzene rings is 1. The number of nitrogens with one attached hydrogen (secondary N) is 1. The maximum Gasteiger partial charge on any atom is 0.411 e. The van der Waals surface area contributed by atoms with Crippen LogP contribution < -0.4 is 5.32 Å². The van der Waals surface area contributed by atoms with Crippen molar-refractivity contribution in [3.05, 3.63) is 29.3 Å². The van der Waals surface area contributed by atoms with Gasteiger partial charge in [0.1, 0.15) is 0 Å². The van der Waals surface area contributed by atoms with Gasteiger partial charge in [-0.25, -0.2) is 4.79 Å². The maximum atomic E-state index is 11.1. The van der Waals surface area contributed by atoms with Gasteiger partial charge in [-0.1, -0.05) is 6.07 Å². The van der Waals surface area contributed by atoms with Gasteiger partial charge in [-0.3, -0.25) is 10.2 Å². The molecule has 0 aromatic heterocycles. The largest absolute Gasteiger partial charge is 0.453 e. The molecule has 1 aliphatic rings. The van der Waals surface area contributed by atoms with Crippen LogP contribution in [-0.4, -0.2) is 31.7 Å². The maximum absolute atomic E-state index is 11.1. The highest BCUT2D eigenvalue weighted by Crippen LogP contribution is 2.29. The Bertz CT molecular complexity index is 431. The van der Waals surface area contributed by atoms with E-state index in [9.17, 15) is 4.79 Å². The van der Waals surface area contributed by atoms with Crippen LogP contribution in [-0.2, 0) is 11.2 Å². The molecule has 0 aliphatic carbocycles. The third-order valence-electron chi connectivity index (χ3n) is 3.42. The van der Waals surface area contributed by atoms with Gasteiger partial charge in [0.2, 0.25) is 0 Å². The quantitative estimate of drug-likeness (QED) is 0.811. The fraction of sp³-hybridized carbons (Fsp3) is 0.462. The summed E-state index contributed by atoms with van der Waals surface area (Å²) in [4.78, 5) is 13.5. The van der Waals surface area contributed by atoms with E-state index < -0.39 is 6.09 Å². The van der Waals surface area contributed by atoms with Gasteiger partial charge in [-0.2, -0.15) is 0 Å². The number of hydrogen-bond acceptors (Lipinski definition) is 3. The first kappa shape index (κ1) is 11.9. The van der Waals surface area contributed by atoms with Gasteiger partial charge in [0.15, 0.2) is 0 Å². The van der Waals surface area contributed by atoms with Crippen LogP contribution in [0.2, 0.25) is 0 Å². The van der Waals surface area contributed by atoms with Crippen molar-refractivity contribution in [2.45, 2.75) is 19.4 Å². The standard InChI is InChI=1S/C13H18N2O2/c1-9-12-5-4-11(14-13(16)17-3)8-10(12)6-7-15(9)2/h4-5,8-9H,6-7H2,1-3H3,(H,14,16)/t9-/m1/s1. The molecule has 1 aromatic carbocycles. The Hall–Kier alpha value is -1.55. The van der Waals surface area contributed by atoms with E-state index in [2.05, 4.69) is 35.0 Å². The van der Waals surface area contributed by atoms with Gasteiger partial charge >= 0.3 is 6.09 Å². The number of carbonyl (C=O) groups excluding carboxylic acids is 1. The zero-order valence-corrected chi connectivity index (χ0v) is 10.5. The van der Waals surface area contributed by atoms with Gasteiger partial charge in [0.25, 0.3) is 0 Å². The van der Waals surface area contributed by atoms with Crippen molar-refractivity contribution in [2.75, 3.05) is 26.0 Å². The van der Waals surface area contributed by atoms with E-state index >= 15 is 0 Å². The van der Waals surface area contributed by atoms with Crippen LogP contribution in [0.5, 0.6) is 0 Å². The summed E-state index contributed by atoms with van der Waals surface area (Å²) in [5.74, 6) is 0. The highest BCUT2D eigenvalue weighted by molar-refractivity contribution is 5.84. The van der Waals surface area contributed by atoms with Crippen LogP contribution in [0.1, 0.15) is 24.1 Å². The average Bonchev–Trinajstić information content (AvgIpc) is 2.34. The highest BCUT2D eigenvalue weighted by Gasteiger charge is 2.20. The molecule has 0 saturated heterocycles. The second-order valence-electron chi connectivity index (χ2n) is 4.44. The number of nitrogens with zero attached hydrogens (tertiary/aromatic N) is 1. The molecule has 17 heavy (non-hydrogen) atoms. The molecule has 4 heteroatoms. The number of amides is 1. The van der Waals surface area contributed by atoms with Gasteiger partial charge < -0.3 is 4.74 Å². The smallest absolute Gasteiger partial charge is 0.411 e. The van der Waals surface area contributed by atoms with E-state index in [1.165, 1.54) is 18.2 Å². The van der Waals surface area contributed by atoms with E-state index in [0.29, 0.717) is 6.04 Å². The van der Waals surface area contributed by atoms with Crippen LogP contribution in [0.25, 0.3) is 0 Å². The van der Waals surface area contributed by atoms with Gasteiger partial charge in [-0.15, -0.1) is 0 Å². The van der Waals surface area contributed by atoms with Crippen molar-refractivity contribution >= 4 is 11.8 Å². The van der Waals surface area contributed by atoms with Gasteiger partial charge in [-0.05, 0) is 43.7 Å². The monoisotopic (exact) mass is 234 g/mol. The van der Waals surface area contributed by atoms with Crippen LogP contribution in [0.3, 0.4) is 0 Å². The topological polar surface area (TPSA) is 41.6 Å². The number of carbonyl (C=O) groups is 1. The summed E-state index contributed by atoms with van der Waals surface area (Å²) < 4.78 is 4.58. The normalized spacial score (nSPS) is 19.6. The number of ether oxygens (including phenoxy) is 1. The highest BCUT2D eigenvalue weighted by atomic mass is 16.5. The minimum Gasteiger partial charge on any atom is -0.453 e. The molecule has 92 valence electrons. The van der Waals surface area contributed by atoms with Gasteiger partial charge in [0.05, 0.1) is 7.11 Å². The second kappa shape index (κ2) is 4.75. The number of hydrogen-bond donors (Lipinski definition) is 1. The Kier molecular flexibility index (Phi) is 3.33. The summed E-state index contributed by atoms with van der Waals surface area (Å²) in [6, 6.07) is 6.48. The van der Waals surface area contributed by atoms with E-state index in [1.54, 1.807) is 0 Å². The van der Waals surface area contributed by atoms with E-state index in [0.717, 1.165) is 18.7 Å². The first-order valence-corrected chi connectivity index (χ1v) is 5.80. The van der Waals surface area contributed by atoms with Crippen LogP contribution in [0.15, 0.2) is 18.2 Å². The number of methoxy groups -OCH3 is 1. The van der Waals surface area contributed by atoms with Crippen molar-refractivity contribution in [2.24, 2.45) is 0 Å². The molecular formula is C13H18N2O2. The number of anilines is 1. The second-order valence-corrected chi connectivity index (χ2v) is 4.44. The SMILES string of the molecule is COC(=O)Nc1ccc2c(c1)CCN(C)[C@@H]2C. The van der Waals surface area contributed by atoms with Crippen molar-refractivity contribution in [3.63, 3.8) is 0 Å². The third kappa shape index (κ3) is 2.42. The average molecular weight is 234 g/mol. The number of fused-ring (bicyclic) bond motifs is 1. The Balaban J connectivity index is 2.23. The Morgan fingerprint density at radius 1 is 1.53 bits per heavy atom. The van der Waals surface area contributed by atoms with Crippen molar-refractivity contribution in [1.29, 1.82) is 0 Å². The molecule has 0 saturated carbocycles. The zero-order chi connectivity index (χ0) is 12.4. The summed E-state index contributed by atoms with van der Waals surface area (Å²) in [6.45, 7) is 3.25. The van der Waals surface area contributed by atoms with Crippen molar-refractivity contribution < 1.29 is 9.53 Å². The molecule has 0 spiro atoms. The summed E-state index contributed by atoms with van der Waals surface area (Å²) in [7, 11) is 3.50. The molecule has 0 radical (unpaired) electrons. The van der Waals surface area contributed by atoms with E-state index in [1.807, 2.05) is 12.1 Å². The Morgan fingerprint density at radius 3 is 3.00 bits per heavy atom. The molecule has 1 heterocycles. The predicted octanol–water partition coefficient (Wildman–Crippen LogP) is 2.41. The lowest BCUT2D eigenvalue weighted by atomic mass is 9.93. The lowest BCUT2D eigenvalue weighted by Gasteiger charge is -2.32. The molecule has 1 atom stereocenters. The molecule has 0 fully saturated rings. The van der Waals surface area contributed by atoms with Crippen molar-refractivity contribution in [1.82, 2.24) is 4.90 Å². The fourth-order valence-corrected chi connectivity index (χ4v) is 2.20. The lowest BCUT2D eigenvalue weighted by Crippen LogP contribution is -2.30. The Morgan fingerprint density at radius 2 is 2.29 bits per heavy atom. The molecule has 1 aliphatic heterocycles. The summed E-state index contributed by atoms with van der Waals surface area (Å²) in [5, 5.41) is 2.69. The fourth-order valence-electron chi connectivity index (χ4n) is 2.20. The van der Waals surface area contributed by atoms with Gasteiger partial charge in [0, 0.05) is 18.3 Å². The molecule has 4 nitrogen and oxygen atoms in total. The molecule has 0 unspecified atom stereocenters. The predicted molar refractivity (Wildman–Crippen MR) is 67.2 cm³/mol. The lowest BCUT2D eigenvalue weighted by molar-refractivity contribution is 0.187. The van der Waals surface area contributed by atoms with Crippen molar-refractivity contribution in [3.8, 4) is 0 Å². The Labute approximate surface area is 102 Å². The minimum absolute atomic E-state index is 0.425. The molecule has 1 aromatic rings. The van der Waals surface area contributed by atoms with Crippen LogP contribution in [0.4, 0.5) is 10.5 Å². The molecule has 2 rings (SSSR count). The van der Waals surface area contributed by atoms with E-state index in [-0.39, 0.29) is 0 Å². The first-order valence-electron chi connectivity index (χ1n) is 5.80. The molecule has 1 amide bonds. The molecule has 0 bridgehead atoms. The summed E-state index contributed by atoms with van der Waals surface area (Å²) in [6.07, 6.45) is 0.596. The number of rotatable bonds is 1. The summed E-state index contributed by atoms with van der Waals surface area (Å²) in [5.41, 5.74) is 3.45. The van der Waals surface area contributed by atoms with Crippen LogP contribution >= 0.6 is 0 Å². The van der Waals surface area contributed by atoms with E-state index in [4.69, 9.17) is 0 Å². The van der Waals surface area contributed by atoms with Crippen LogP contribution in [0, 0.1) is 0 Å². The molecule has 1 N–H and O–H groups in total.